The summed E-state index contributed by atoms with van der Waals surface area (Å²) >= 11 is 0. The Hall–Kier alpha value is -2.70. The Morgan fingerprint density at radius 3 is 2.36 bits per heavy atom. The van der Waals surface area contributed by atoms with E-state index in [2.05, 4.69) is 18.6 Å². The molecule has 0 unspecified atom stereocenters. The fourth-order valence-corrected chi connectivity index (χ4v) is 4.27. The zero-order valence-corrected chi connectivity index (χ0v) is 16.7. The highest BCUT2D eigenvalue weighted by molar-refractivity contribution is 7.89. The molecule has 0 amide bonds. The molecule has 3 rings (SSSR count). The lowest BCUT2D eigenvalue weighted by Crippen LogP contribution is -2.25. The van der Waals surface area contributed by atoms with Crippen LogP contribution < -0.4 is 4.72 Å². The van der Waals surface area contributed by atoms with Crippen LogP contribution in [0.1, 0.15) is 41.3 Å². The number of carboxylic acids is 1. The van der Waals surface area contributed by atoms with E-state index in [-0.39, 0.29) is 22.9 Å². The molecule has 0 aliphatic heterocycles. The maximum atomic E-state index is 12.4. The maximum absolute atomic E-state index is 12.4. The average Bonchev–Trinajstić information content (AvgIpc) is 2.85. The Bertz CT molecular complexity index is 1060. The molecule has 0 radical (unpaired) electrons. The quantitative estimate of drug-likeness (QED) is 0.628. The minimum absolute atomic E-state index is 0.186. The van der Waals surface area contributed by atoms with Gasteiger partial charge in [0, 0.05) is 6.54 Å². The second-order valence-electron chi connectivity index (χ2n) is 7.00. The van der Waals surface area contributed by atoms with Crippen LogP contribution in [0.2, 0.25) is 0 Å². The van der Waals surface area contributed by atoms with Gasteiger partial charge in [-0.1, -0.05) is 56.3 Å². The van der Waals surface area contributed by atoms with E-state index in [0.29, 0.717) is 12.0 Å². The van der Waals surface area contributed by atoms with Crippen LogP contribution in [0.15, 0.2) is 65.6 Å². The SMILES string of the molecule is CC(C)c1cccc2c(CCNS(=O)(=O)c3ccccc3)cc(C(=O)O)c-2c1. The topological polar surface area (TPSA) is 83.5 Å². The van der Waals surface area contributed by atoms with Crippen molar-refractivity contribution < 1.29 is 18.3 Å². The highest BCUT2D eigenvalue weighted by Gasteiger charge is 2.21. The van der Waals surface area contributed by atoms with Crippen LogP contribution in [0.25, 0.3) is 11.1 Å². The smallest absolute Gasteiger partial charge is 0.336 e. The van der Waals surface area contributed by atoms with Gasteiger partial charge in [0.25, 0.3) is 0 Å². The molecule has 0 saturated carbocycles. The van der Waals surface area contributed by atoms with E-state index in [9.17, 15) is 18.3 Å². The zero-order chi connectivity index (χ0) is 20.3. The Morgan fingerprint density at radius 2 is 1.71 bits per heavy atom. The predicted octanol–water partition coefficient (Wildman–Crippen LogP) is 4.13. The number of hydrogen-bond acceptors (Lipinski definition) is 3. The molecule has 0 saturated heterocycles. The van der Waals surface area contributed by atoms with Crippen molar-refractivity contribution in [3.63, 3.8) is 0 Å². The van der Waals surface area contributed by atoms with Crippen LogP contribution in [-0.2, 0) is 16.4 Å². The standard InChI is InChI=1S/C22H23NO4S/c1-15(2)16-7-6-10-19-17(14-21(22(24)25)20(19)13-16)11-12-23-28(26,27)18-8-4-3-5-9-18/h3-10,13-15,23H,11-12H2,1-2H3,(H,24,25). The van der Waals surface area contributed by atoms with Gasteiger partial charge < -0.3 is 5.11 Å². The maximum Gasteiger partial charge on any atom is 0.336 e. The number of nitrogens with one attached hydrogen (secondary N) is 1. The first-order valence-corrected chi connectivity index (χ1v) is 10.6. The lowest BCUT2D eigenvalue weighted by molar-refractivity contribution is 0.0698. The highest BCUT2D eigenvalue weighted by Crippen LogP contribution is 2.34. The van der Waals surface area contributed by atoms with Crippen molar-refractivity contribution >= 4 is 16.0 Å². The molecule has 0 bridgehead atoms. The summed E-state index contributed by atoms with van der Waals surface area (Å²) in [6.45, 7) is 4.30. The molecule has 2 N–H and O–H groups in total. The molecule has 6 heteroatoms. The molecule has 5 nitrogen and oxygen atoms in total. The molecule has 0 aromatic heterocycles. The Morgan fingerprint density at radius 1 is 1.00 bits per heavy atom. The van der Waals surface area contributed by atoms with E-state index >= 15 is 0 Å². The molecule has 28 heavy (non-hydrogen) atoms. The van der Waals surface area contributed by atoms with Gasteiger partial charge in [-0.05, 0) is 52.8 Å². The molecule has 0 spiro atoms. The van der Waals surface area contributed by atoms with Gasteiger partial charge in [-0.15, -0.1) is 0 Å². The largest absolute Gasteiger partial charge is 0.478 e. The summed E-state index contributed by atoms with van der Waals surface area (Å²) in [5, 5.41) is 9.60. The van der Waals surface area contributed by atoms with Gasteiger partial charge in [0.1, 0.15) is 0 Å². The summed E-state index contributed by atoms with van der Waals surface area (Å²) < 4.78 is 27.3. The molecule has 1 aromatic rings. The summed E-state index contributed by atoms with van der Waals surface area (Å²) in [5.74, 6) is -0.713. The summed E-state index contributed by atoms with van der Waals surface area (Å²) in [5.41, 5.74) is 3.63. The molecule has 2 aliphatic rings. The molecule has 0 atom stereocenters. The van der Waals surface area contributed by atoms with Crippen LogP contribution in [0.3, 0.4) is 0 Å². The Labute approximate surface area is 165 Å². The predicted molar refractivity (Wildman–Crippen MR) is 109 cm³/mol. The molecule has 0 fully saturated rings. The van der Waals surface area contributed by atoms with E-state index in [0.717, 1.165) is 16.7 Å². The van der Waals surface area contributed by atoms with Crippen molar-refractivity contribution in [2.45, 2.75) is 31.1 Å². The number of benzene rings is 1. The van der Waals surface area contributed by atoms with Gasteiger partial charge >= 0.3 is 5.97 Å². The minimum Gasteiger partial charge on any atom is -0.478 e. The third-order valence-electron chi connectivity index (χ3n) is 4.74. The normalized spacial score (nSPS) is 11.8. The second kappa shape index (κ2) is 8.12. The second-order valence-corrected chi connectivity index (χ2v) is 8.77. The summed E-state index contributed by atoms with van der Waals surface area (Å²) in [4.78, 5) is 11.9. The number of carbonyl (C=O) groups is 1. The monoisotopic (exact) mass is 397 g/mol. The van der Waals surface area contributed by atoms with Crippen LogP contribution in [0, 0.1) is 0 Å². The van der Waals surface area contributed by atoms with Gasteiger partial charge in [0.15, 0.2) is 0 Å². The molecular formula is C22H23NO4S. The molecule has 0 heterocycles. The molecule has 2 aliphatic carbocycles. The summed E-state index contributed by atoms with van der Waals surface area (Å²) in [6, 6.07) is 17.5. The van der Waals surface area contributed by atoms with Gasteiger partial charge in [0.05, 0.1) is 10.5 Å². The number of aromatic carboxylic acids is 1. The lowest BCUT2D eigenvalue weighted by Gasteiger charge is -2.07. The Kier molecular flexibility index (Phi) is 5.82. The van der Waals surface area contributed by atoms with Crippen LogP contribution in [0.4, 0.5) is 0 Å². The van der Waals surface area contributed by atoms with Gasteiger partial charge in [-0.25, -0.2) is 17.9 Å². The fourth-order valence-electron chi connectivity index (χ4n) is 3.22. The third kappa shape index (κ3) is 4.24. The van der Waals surface area contributed by atoms with E-state index in [1.54, 1.807) is 24.3 Å². The van der Waals surface area contributed by atoms with Crippen molar-refractivity contribution in [2.24, 2.45) is 0 Å². The zero-order valence-electron chi connectivity index (χ0n) is 15.8. The van der Waals surface area contributed by atoms with E-state index < -0.39 is 16.0 Å². The summed E-state index contributed by atoms with van der Waals surface area (Å²) in [6.07, 6.45) is 0.400. The first kappa shape index (κ1) is 20.0. The van der Waals surface area contributed by atoms with Crippen LogP contribution in [0.5, 0.6) is 0 Å². The number of sulfonamides is 1. The average molecular weight is 397 g/mol. The van der Waals surface area contributed by atoms with Crippen molar-refractivity contribution in [3.05, 3.63) is 77.4 Å². The van der Waals surface area contributed by atoms with Crippen LogP contribution in [-0.4, -0.2) is 26.0 Å². The first-order chi connectivity index (χ1) is 13.3. The first-order valence-electron chi connectivity index (χ1n) is 9.13. The number of hydrogen-bond donors (Lipinski definition) is 2. The minimum atomic E-state index is -3.59. The van der Waals surface area contributed by atoms with Gasteiger partial charge in [-0.2, -0.15) is 0 Å². The number of carboxylic acid groups (broad SMARTS) is 1. The summed E-state index contributed by atoms with van der Waals surface area (Å²) in [7, 11) is -3.59. The lowest BCUT2D eigenvalue weighted by atomic mass is 10.0. The van der Waals surface area contributed by atoms with E-state index in [1.807, 2.05) is 24.3 Å². The van der Waals surface area contributed by atoms with Crippen LogP contribution >= 0.6 is 0 Å². The highest BCUT2D eigenvalue weighted by atomic mass is 32.2. The number of fused-ring (bicyclic) bond motifs is 1. The third-order valence-corrected chi connectivity index (χ3v) is 6.22. The fraction of sp³-hybridized carbons (Fsp3) is 0.227. The van der Waals surface area contributed by atoms with E-state index in [1.165, 1.54) is 12.1 Å². The molecular weight excluding hydrogens is 374 g/mol. The van der Waals surface area contributed by atoms with Crippen molar-refractivity contribution in [1.82, 2.24) is 4.72 Å². The van der Waals surface area contributed by atoms with Crippen molar-refractivity contribution in [1.29, 1.82) is 0 Å². The van der Waals surface area contributed by atoms with E-state index in [4.69, 9.17) is 0 Å². The van der Waals surface area contributed by atoms with Gasteiger partial charge in [0.2, 0.25) is 10.0 Å². The molecule has 146 valence electrons. The van der Waals surface area contributed by atoms with Gasteiger partial charge in [-0.3, -0.25) is 0 Å². The van der Waals surface area contributed by atoms with Crippen molar-refractivity contribution in [3.8, 4) is 11.1 Å². The Balaban J connectivity index is 1.86. The molecule has 1 aromatic carbocycles. The number of rotatable bonds is 7. The van der Waals surface area contributed by atoms with Crippen molar-refractivity contribution in [2.75, 3.05) is 6.54 Å².